The number of carbonyl (C=O) groups is 2. The van der Waals surface area contributed by atoms with E-state index in [4.69, 9.17) is 14.6 Å². The summed E-state index contributed by atoms with van der Waals surface area (Å²) in [5.41, 5.74) is 1.59. The molecule has 2 atom stereocenters. The van der Waals surface area contributed by atoms with Crippen LogP contribution in [-0.2, 0) is 9.53 Å². The third kappa shape index (κ3) is 5.41. The molecule has 2 saturated heterocycles. The minimum absolute atomic E-state index is 0.0595. The molecule has 7 nitrogen and oxygen atoms in total. The fourth-order valence-electron chi connectivity index (χ4n) is 3.30. The molecule has 1 aromatic heterocycles. The van der Waals surface area contributed by atoms with Gasteiger partial charge in [0.15, 0.2) is 0 Å². The predicted octanol–water partition coefficient (Wildman–Crippen LogP) is 1.96. The molecular formula is C18H24F3N3O4. The quantitative estimate of drug-likeness (QED) is 0.813. The SMILES string of the molecule is Cc1ccc(C(=O)N2C[C@@H]3OCCN(C(C)C)[C@@H]3C2)cn1.O=C(O)C(F)(F)F. The first-order valence-corrected chi connectivity index (χ1v) is 8.90. The van der Waals surface area contributed by atoms with Crippen molar-refractivity contribution >= 4 is 11.9 Å². The van der Waals surface area contributed by atoms with Crippen LogP contribution >= 0.6 is 0 Å². The summed E-state index contributed by atoms with van der Waals surface area (Å²) in [6, 6.07) is 4.54. The summed E-state index contributed by atoms with van der Waals surface area (Å²) in [5.74, 6) is -2.70. The van der Waals surface area contributed by atoms with E-state index in [0.717, 1.165) is 25.4 Å². The number of ether oxygens (including phenoxy) is 1. The third-order valence-electron chi connectivity index (χ3n) is 4.70. The number of carboxylic acid groups (broad SMARTS) is 1. The fourth-order valence-corrected chi connectivity index (χ4v) is 3.30. The maximum atomic E-state index is 12.6. The second-order valence-electron chi connectivity index (χ2n) is 7.01. The third-order valence-corrected chi connectivity index (χ3v) is 4.70. The van der Waals surface area contributed by atoms with Gasteiger partial charge < -0.3 is 14.7 Å². The Balaban J connectivity index is 0.000000345. The van der Waals surface area contributed by atoms with E-state index in [9.17, 15) is 18.0 Å². The maximum Gasteiger partial charge on any atom is 0.490 e. The van der Waals surface area contributed by atoms with Gasteiger partial charge in [-0.15, -0.1) is 0 Å². The molecular weight excluding hydrogens is 379 g/mol. The number of halogens is 3. The van der Waals surface area contributed by atoms with Crippen LogP contribution in [0.25, 0.3) is 0 Å². The lowest BCUT2D eigenvalue weighted by Gasteiger charge is -2.39. The van der Waals surface area contributed by atoms with Gasteiger partial charge in [0.2, 0.25) is 0 Å². The molecule has 0 radical (unpaired) electrons. The van der Waals surface area contributed by atoms with Crippen molar-refractivity contribution in [2.45, 2.75) is 45.1 Å². The maximum absolute atomic E-state index is 12.6. The number of amides is 1. The highest BCUT2D eigenvalue weighted by atomic mass is 19.4. The molecule has 1 amide bonds. The van der Waals surface area contributed by atoms with E-state index >= 15 is 0 Å². The van der Waals surface area contributed by atoms with Gasteiger partial charge in [0, 0.05) is 37.6 Å². The lowest BCUT2D eigenvalue weighted by molar-refractivity contribution is -0.192. The second-order valence-corrected chi connectivity index (χ2v) is 7.01. The molecule has 3 rings (SSSR count). The van der Waals surface area contributed by atoms with E-state index in [-0.39, 0.29) is 12.0 Å². The van der Waals surface area contributed by atoms with E-state index in [1.54, 1.807) is 6.20 Å². The molecule has 10 heteroatoms. The average molecular weight is 403 g/mol. The zero-order valence-electron chi connectivity index (χ0n) is 15.9. The van der Waals surface area contributed by atoms with Crippen molar-refractivity contribution in [3.05, 3.63) is 29.6 Å². The number of nitrogens with zero attached hydrogens (tertiary/aromatic N) is 3. The van der Waals surface area contributed by atoms with Gasteiger partial charge in [-0.3, -0.25) is 14.7 Å². The van der Waals surface area contributed by atoms with Gasteiger partial charge in [-0.2, -0.15) is 13.2 Å². The first kappa shape index (κ1) is 22.1. The van der Waals surface area contributed by atoms with Gasteiger partial charge in [-0.1, -0.05) is 0 Å². The van der Waals surface area contributed by atoms with Crippen LogP contribution in [0.15, 0.2) is 18.3 Å². The Labute approximate surface area is 161 Å². The van der Waals surface area contributed by atoms with Gasteiger partial charge in [0.25, 0.3) is 5.91 Å². The number of aryl methyl sites for hydroxylation is 1. The number of aromatic nitrogens is 1. The summed E-state index contributed by atoms with van der Waals surface area (Å²) < 4.78 is 37.6. The van der Waals surface area contributed by atoms with Crippen molar-refractivity contribution in [1.82, 2.24) is 14.8 Å². The fraction of sp³-hybridized carbons (Fsp3) is 0.611. The van der Waals surface area contributed by atoms with Gasteiger partial charge in [-0.25, -0.2) is 4.79 Å². The average Bonchev–Trinajstić information content (AvgIpc) is 3.05. The molecule has 28 heavy (non-hydrogen) atoms. The number of likely N-dealkylation sites (tertiary alicyclic amines) is 1. The predicted molar refractivity (Wildman–Crippen MR) is 93.9 cm³/mol. The number of hydrogen-bond acceptors (Lipinski definition) is 5. The molecule has 1 aromatic rings. The van der Waals surface area contributed by atoms with Crippen LogP contribution in [0.4, 0.5) is 13.2 Å². The molecule has 1 N–H and O–H groups in total. The van der Waals surface area contributed by atoms with Crippen molar-refractivity contribution < 1.29 is 32.6 Å². The zero-order chi connectivity index (χ0) is 21.1. The van der Waals surface area contributed by atoms with Gasteiger partial charge in [0.1, 0.15) is 0 Å². The lowest BCUT2D eigenvalue weighted by atomic mass is 10.1. The van der Waals surface area contributed by atoms with Crippen LogP contribution in [0.2, 0.25) is 0 Å². The number of carboxylic acids is 1. The molecule has 0 spiro atoms. The molecule has 3 heterocycles. The first-order chi connectivity index (χ1) is 13.0. The number of alkyl halides is 3. The van der Waals surface area contributed by atoms with Crippen molar-refractivity contribution in [3.8, 4) is 0 Å². The Morgan fingerprint density at radius 1 is 1.29 bits per heavy atom. The number of rotatable bonds is 2. The Bertz CT molecular complexity index is 694. The highest BCUT2D eigenvalue weighted by Crippen LogP contribution is 2.25. The van der Waals surface area contributed by atoms with E-state index in [0.29, 0.717) is 24.2 Å². The number of fused-ring (bicyclic) bond motifs is 1. The van der Waals surface area contributed by atoms with E-state index in [2.05, 4.69) is 23.7 Å². The molecule has 156 valence electrons. The van der Waals surface area contributed by atoms with Crippen LogP contribution in [0, 0.1) is 6.92 Å². The summed E-state index contributed by atoms with van der Waals surface area (Å²) in [7, 11) is 0. The minimum atomic E-state index is -5.08. The molecule has 0 aliphatic carbocycles. The Morgan fingerprint density at radius 2 is 1.93 bits per heavy atom. The standard InChI is InChI=1S/C16H23N3O2.C2HF3O2/c1-11(2)19-6-7-21-15-10-18(9-14(15)19)16(20)13-5-4-12(3)17-8-13;3-2(4,5)1(6)7/h4-5,8,11,14-15H,6-7,9-10H2,1-3H3;(H,6,7)/t14-,15+;/m1./s1. The summed E-state index contributed by atoms with van der Waals surface area (Å²) in [4.78, 5) is 30.1. The van der Waals surface area contributed by atoms with Crippen LogP contribution in [0.1, 0.15) is 29.9 Å². The van der Waals surface area contributed by atoms with Crippen molar-refractivity contribution in [1.29, 1.82) is 0 Å². The van der Waals surface area contributed by atoms with E-state index < -0.39 is 12.1 Å². The molecule has 2 aliphatic heterocycles. The zero-order valence-corrected chi connectivity index (χ0v) is 15.9. The van der Waals surface area contributed by atoms with Crippen LogP contribution < -0.4 is 0 Å². The Morgan fingerprint density at radius 3 is 2.43 bits per heavy atom. The molecule has 2 fully saturated rings. The summed E-state index contributed by atoms with van der Waals surface area (Å²) in [5, 5.41) is 7.12. The van der Waals surface area contributed by atoms with Crippen LogP contribution in [-0.4, -0.2) is 82.4 Å². The molecule has 0 saturated carbocycles. The van der Waals surface area contributed by atoms with E-state index in [1.165, 1.54) is 0 Å². The second kappa shape index (κ2) is 8.87. The summed E-state index contributed by atoms with van der Waals surface area (Å²) >= 11 is 0. The van der Waals surface area contributed by atoms with Crippen LogP contribution in [0.3, 0.4) is 0 Å². The number of morpholine rings is 1. The number of pyridine rings is 1. The smallest absolute Gasteiger partial charge is 0.475 e. The van der Waals surface area contributed by atoms with Crippen LogP contribution in [0.5, 0.6) is 0 Å². The molecule has 0 bridgehead atoms. The van der Waals surface area contributed by atoms with E-state index in [1.807, 2.05) is 24.0 Å². The number of hydrogen-bond donors (Lipinski definition) is 1. The highest BCUT2D eigenvalue weighted by Gasteiger charge is 2.42. The molecule has 0 unspecified atom stereocenters. The van der Waals surface area contributed by atoms with Crippen molar-refractivity contribution in [2.75, 3.05) is 26.2 Å². The largest absolute Gasteiger partial charge is 0.490 e. The topological polar surface area (TPSA) is 83.0 Å². The lowest BCUT2D eigenvalue weighted by Crippen LogP contribution is -2.53. The van der Waals surface area contributed by atoms with Crippen molar-refractivity contribution in [2.24, 2.45) is 0 Å². The van der Waals surface area contributed by atoms with Gasteiger partial charge in [-0.05, 0) is 32.9 Å². The first-order valence-electron chi connectivity index (χ1n) is 8.90. The van der Waals surface area contributed by atoms with Gasteiger partial charge in [0.05, 0.1) is 24.3 Å². The van der Waals surface area contributed by atoms with Gasteiger partial charge >= 0.3 is 12.1 Å². The number of aliphatic carboxylic acids is 1. The summed E-state index contributed by atoms with van der Waals surface area (Å²) in [6.45, 7) is 9.47. The minimum Gasteiger partial charge on any atom is -0.475 e. The van der Waals surface area contributed by atoms with Crippen molar-refractivity contribution in [3.63, 3.8) is 0 Å². The Kier molecular flexibility index (Phi) is 7.00. The molecule has 0 aromatic carbocycles. The number of carbonyl (C=O) groups excluding carboxylic acids is 1. The monoisotopic (exact) mass is 403 g/mol. The summed E-state index contributed by atoms with van der Waals surface area (Å²) in [6.07, 6.45) is -3.27. The highest BCUT2D eigenvalue weighted by molar-refractivity contribution is 5.94. The normalized spacial score (nSPS) is 22.5. The molecule has 2 aliphatic rings. The Hall–Kier alpha value is -2.20.